The molecule has 3 nitrogen and oxygen atoms in total. The van der Waals surface area contributed by atoms with E-state index >= 15 is 0 Å². The first-order valence-corrected chi connectivity index (χ1v) is 12.0. The molecule has 0 aliphatic heterocycles. The van der Waals surface area contributed by atoms with Gasteiger partial charge in [-0.15, -0.1) is 0 Å². The van der Waals surface area contributed by atoms with Crippen LogP contribution in [0.3, 0.4) is 0 Å². The van der Waals surface area contributed by atoms with E-state index in [0.29, 0.717) is 12.1 Å². The van der Waals surface area contributed by atoms with Crippen molar-refractivity contribution in [3.63, 3.8) is 0 Å². The van der Waals surface area contributed by atoms with Crippen LogP contribution in [0.5, 0.6) is 0 Å². The minimum absolute atomic E-state index is 0.0933. The van der Waals surface area contributed by atoms with Crippen LogP contribution in [0.15, 0.2) is 40.9 Å². The van der Waals surface area contributed by atoms with Crippen LogP contribution >= 0.6 is 15.9 Å². The Bertz CT molecular complexity index is 1280. The van der Waals surface area contributed by atoms with Crippen molar-refractivity contribution in [1.82, 2.24) is 0 Å². The number of halogens is 19. The fourth-order valence-corrected chi connectivity index (χ4v) is 3.80. The van der Waals surface area contributed by atoms with E-state index < -0.39 is 95.8 Å². The van der Waals surface area contributed by atoms with Gasteiger partial charge in [-0.3, -0.25) is 0 Å². The predicted octanol–water partition coefficient (Wildman–Crippen LogP) is 9.91. The van der Waals surface area contributed by atoms with Crippen LogP contribution < -0.4 is 9.80 Å². The Morgan fingerprint density at radius 1 is 0.511 bits per heavy atom. The highest BCUT2D eigenvalue weighted by atomic mass is 79.9. The lowest BCUT2D eigenvalue weighted by Gasteiger charge is -2.27. The first-order chi connectivity index (χ1) is 19.9. The van der Waals surface area contributed by atoms with Gasteiger partial charge >= 0.3 is 37.1 Å². The molecule has 0 aliphatic rings. The summed E-state index contributed by atoms with van der Waals surface area (Å²) in [7, 11) is 0. The highest BCUT2D eigenvalue weighted by Crippen LogP contribution is 2.39. The molecule has 0 aromatic heterocycles. The van der Waals surface area contributed by atoms with E-state index in [1.165, 1.54) is 6.07 Å². The summed E-state index contributed by atoms with van der Waals surface area (Å²) in [4.78, 5) is -0.488. The van der Waals surface area contributed by atoms with Crippen molar-refractivity contribution >= 4 is 27.3 Å². The van der Waals surface area contributed by atoms with Gasteiger partial charge in [-0.1, -0.05) is 15.9 Å². The fourth-order valence-electron chi connectivity index (χ4n) is 3.33. The molecule has 45 heavy (non-hydrogen) atoms. The van der Waals surface area contributed by atoms with Gasteiger partial charge in [0.05, 0.1) is 22.8 Å². The van der Waals surface area contributed by atoms with Crippen LogP contribution in [0, 0.1) is 11.3 Å². The lowest BCUT2D eigenvalue weighted by atomic mass is 10.1. The van der Waals surface area contributed by atoms with Crippen molar-refractivity contribution in [1.29, 1.82) is 5.26 Å². The zero-order valence-electron chi connectivity index (χ0n) is 21.3. The summed E-state index contributed by atoms with van der Waals surface area (Å²) in [5.41, 5.74) is -5.64. The highest BCUT2D eigenvalue weighted by Gasteiger charge is 2.41. The molecule has 254 valence electrons. The molecule has 2 aromatic rings. The van der Waals surface area contributed by atoms with Crippen molar-refractivity contribution in [3.8, 4) is 6.07 Å². The number of nitriles is 1. The van der Waals surface area contributed by atoms with Crippen molar-refractivity contribution in [2.45, 2.75) is 37.1 Å². The number of alkyl halides is 18. The van der Waals surface area contributed by atoms with Crippen LogP contribution in [-0.4, -0.2) is 50.9 Å². The molecule has 0 radical (unpaired) electrons. The van der Waals surface area contributed by atoms with Crippen LogP contribution in [0.25, 0.3) is 0 Å². The summed E-state index contributed by atoms with van der Waals surface area (Å²) < 4.78 is 224. The standard InChI is InChI=1S/C12H7F9N2.C11H7BrF9N/c13-10(14,15)5-23(6-11(16,17)18)8-2-1-7(4-22)9(3-8)12(19,20)21;12-8-2-1-6(3-7(8)11(19,20)21)22(4-9(13,14)15)5-10(16,17)18/h1-3H,5-6H2;1-3H,4-5H2. The lowest BCUT2D eigenvalue weighted by molar-refractivity contribution is -0.140. The Balaban J connectivity index is 0.000000450. The predicted molar refractivity (Wildman–Crippen MR) is 124 cm³/mol. The third kappa shape index (κ3) is 14.6. The molecule has 0 fully saturated rings. The molecule has 0 bridgehead atoms. The van der Waals surface area contributed by atoms with Gasteiger partial charge in [0.25, 0.3) is 0 Å². The smallest absolute Gasteiger partial charge is 0.353 e. The molecule has 0 N–H and O–H groups in total. The first kappa shape index (κ1) is 39.8. The second-order valence-corrected chi connectivity index (χ2v) is 9.53. The minimum Gasteiger partial charge on any atom is -0.353 e. The molecule has 0 spiro atoms. The Morgan fingerprint density at radius 2 is 0.822 bits per heavy atom. The van der Waals surface area contributed by atoms with Gasteiger partial charge in [-0.05, 0) is 36.4 Å². The topological polar surface area (TPSA) is 30.3 Å². The average molecular weight is 754 g/mol. The highest BCUT2D eigenvalue weighted by molar-refractivity contribution is 9.10. The Kier molecular flexibility index (Phi) is 12.4. The Morgan fingerprint density at radius 3 is 1.11 bits per heavy atom. The Hall–Kier alpha value is -3.25. The molecule has 0 saturated carbocycles. The molecular weight excluding hydrogens is 740 g/mol. The number of nitrogens with zero attached hydrogens (tertiary/aromatic N) is 3. The molecule has 0 aliphatic carbocycles. The summed E-state index contributed by atoms with van der Waals surface area (Å²) >= 11 is 2.56. The first-order valence-electron chi connectivity index (χ1n) is 11.2. The lowest BCUT2D eigenvalue weighted by Crippen LogP contribution is -2.40. The summed E-state index contributed by atoms with van der Waals surface area (Å²) in [5.74, 6) is 0. The largest absolute Gasteiger partial charge is 0.417 e. The van der Waals surface area contributed by atoms with E-state index in [4.69, 9.17) is 5.26 Å². The van der Waals surface area contributed by atoms with Crippen LogP contribution in [0.2, 0.25) is 0 Å². The number of anilines is 2. The number of rotatable bonds is 6. The molecule has 0 amide bonds. The van der Waals surface area contributed by atoms with Crippen molar-refractivity contribution in [2.75, 3.05) is 36.0 Å². The summed E-state index contributed by atoms with van der Waals surface area (Å²) in [6.07, 6.45) is -30.1. The van der Waals surface area contributed by atoms with Gasteiger partial charge < -0.3 is 9.80 Å². The van der Waals surface area contributed by atoms with Gasteiger partial charge in [-0.2, -0.15) is 84.3 Å². The van der Waals surface area contributed by atoms with Gasteiger partial charge in [0.15, 0.2) is 0 Å². The monoisotopic (exact) mass is 753 g/mol. The van der Waals surface area contributed by atoms with E-state index in [2.05, 4.69) is 15.9 Å². The molecule has 2 aromatic carbocycles. The Labute approximate surface area is 248 Å². The van der Waals surface area contributed by atoms with E-state index in [1.54, 1.807) is 0 Å². The van der Waals surface area contributed by atoms with Crippen LogP contribution in [0.1, 0.15) is 16.7 Å². The zero-order valence-corrected chi connectivity index (χ0v) is 22.9. The quantitative estimate of drug-likeness (QED) is 0.275. The molecule has 0 heterocycles. The maximum absolute atomic E-state index is 12.7. The van der Waals surface area contributed by atoms with Gasteiger partial charge in [0.1, 0.15) is 26.2 Å². The summed E-state index contributed by atoms with van der Waals surface area (Å²) in [6, 6.07) is 4.14. The summed E-state index contributed by atoms with van der Waals surface area (Å²) in [5, 5.41) is 8.56. The molecule has 0 atom stereocenters. The number of hydrogen-bond donors (Lipinski definition) is 0. The fraction of sp³-hybridized carbons (Fsp3) is 0.435. The van der Waals surface area contributed by atoms with Crippen LogP contribution in [-0.2, 0) is 12.4 Å². The van der Waals surface area contributed by atoms with E-state index in [-0.39, 0.29) is 21.9 Å². The maximum atomic E-state index is 12.7. The second kappa shape index (κ2) is 14.0. The maximum Gasteiger partial charge on any atom is 0.417 e. The molecule has 22 heteroatoms. The van der Waals surface area contributed by atoms with Crippen LogP contribution in [0.4, 0.5) is 90.4 Å². The molecule has 0 saturated heterocycles. The molecule has 2 rings (SSSR count). The van der Waals surface area contributed by atoms with E-state index in [9.17, 15) is 79.0 Å². The van der Waals surface area contributed by atoms with Crippen molar-refractivity contribution in [3.05, 3.63) is 57.6 Å². The van der Waals surface area contributed by atoms with Gasteiger partial charge in [-0.25, -0.2) is 0 Å². The average Bonchev–Trinajstić information content (AvgIpc) is 2.78. The molecule has 0 unspecified atom stereocenters. The normalized spacial score (nSPS) is 13.1. The van der Waals surface area contributed by atoms with E-state index in [0.717, 1.165) is 12.1 Å². The van der Waals surface area contributed by atoms with Gasteiger partial charge in [0.2, 0.25) is 0 Å². The van der Waals surface area contributed by atoms with E-state index in [1.807, 2.05) is 0 Å². The third-order valence-corrected chi connectivity index (χ3v) is 5.59. The SMILES string of the molecule is FC(F)(F)CN(CC(F)(F)F)c1ccc(Br)c(C(F)(F)F)c1.N#Cc1ccc(N(CC(F)(F)F)CC(F)(F)F)cc1C(F)(F)F. The molecular formula is C23H14BrF18N3. The van der Waals surface area contributed by atoms with Gasteiger partial charge in [0, 0.05) is 15.8 Å². The number of hydrogen-bond acceptors (Lipinski definition) is 3. The summed E-state index contributed by atoms with van der Waals surface area (Å²) in [6.45, 7) is -8.22. The van der Waals surface area contributed by atoms with Crippen molar-refractivity contribution < 1.29 is 79.0 Å². The zero-order chi connectivity index (χ0) is 35.4. The second-order valence-electron chi connectivity index (χ2n) is 8.67. The third-order valence-electron chi connectivity index (χ3n) is 4.90. The number of benzene rings is 2. The minimum atomic E-state index is -5.09. The van der Waals surface area contributed by atoms with Crippen molar-refractivity contribution in [2.24, 2.45) is 0 Å².